The van der Waals surface area contributed by atoms with E-state index in [1.54, 1.807) is 29.3 Å². The summed E-state index contributed by atoms with van der Waals surface area (Å²) in [4.78, 5) is 27.4. The number of nitrogens with one attached hydrogen (secondary N) is 1. The van der Waals surface area contributed by atoms with Crippen molar-refractivity contribution in [3.63, 3.8) is 0 Å². The summed E-state index contributed by atoms with van der Waals surface area (Å²) < 4.78 is 32.2. The van der Waals surface area contributed by atoms with Crippen LogP contribution in [0.25, 0.3) is 0 Å². The third-order valence-electron chi connectivity index (χ3n) is 5.85. The van der Waals surface area contributed by atoms with Crippen molar-refractivity contribution < 1.29 is 22.7 Å². The van der Waals surface area contributed by atoms with Crippen LogP contribution < -0.4 is 5.32 Å². The maximum Gasteiger partial charge on any atom is 0.410 e. The van der Waals surface area contributed by atoms with Crippen LogP contribution in [0.2, 0.25) is 0 Å². The van der Waals surface area contributed by atoms with Crippen molar-refractivity contribution in [1.82, 2.24) is 9.21 Å². The molecule has 1 fully saturated rings. The van der Waals surface area contributed by atoms with Crippen LogP contribution in [0.15, 0.2) is 21.7 Å². The number of hydrogen-bond acceptors (Lipinski definition) is 8. The molecular formula is C21H24N4O5S3. The van der Waals surface area contributed by atoms with Crippen molar-refractivity contribution in [2.45, 2.75) is 36.9 Å². The first kappa shape index (κ1) is 23.7. The average molecular weight is 509 g/mol. The molecule has 0 radical (unpaired) electrons. The van der Waals surface area contributed by atoms with E-state index in [1.165, 1.54) is 27.0 Å². The predicted octanol–water partition coefficient (Wildman–Crippen LogP) is 3.24. The number of hydrogen-bond donors (Lipinski definition) is 1. The molecule has 0 bridgehead atoms. The van der Waals surface area contributed by atoms with Crippen molar-refractivity contribution in [3.8, 4) is 6.07 Å². The number of nitrogens with zero attached hydrogens (tertiary/aromatic N) is 3. The van der Waals surface area contributed by atoms with Gasteiger partial charge in [0.2, 0.25) is 5.91 Å². The fraction of sp³-hybridized carbons (Fsp3) is 0.476. The highest BCUT2D eigenvalue weighted by atomic mass is 32.2. The highest BCUT2D eigenvalue weighted by Gasteiger charge is 2.34. The molecule has 0 unspecified atom stereocenters. The number of thiophene rings is 2. The number of carbonyl (C=O) groups is 2. The number of piperidine rings is 1. The lowest BCUT2D eigenvalue weighted by molar-refractivity contribution is -0.120. The third kappa shape index (κ3) is 4.77. The Balaban J connectivity index is 1.41. The minimum absolute atomic E-state index is 0.208. The van der Waals surface area contributed by atoms with Gasteiger partial charge in [-0.1, -0.05) is 6.07 Å². The Labute approximate surface area is 200 Å². The molecule has 4 heterocycles. The molecule has 0 aromatic carbocycles. The van der Waals surface area contributed by atoms with Gasteiger partial charge in [-0.2, -0.15) is 9.57 Å². The Bertz CT molecular complexity index is 1180. The summed E-state index contributed by atoms with van der Waals surface area (Å²) >= 11 is 2.50. The van der Waals surface area contributed by atoms with E-state index in [1.807, 2.05) is 0 Å². The fourth-order valence-electron chi connectivity index (χ4n) is 4.09. The maximum absolute atomic E-state index is 12.9. The van der Waals surface area contributed by atoms with Gasteiger partial charge in [-0.3, -0.25) is 4.79 Å². The zero-order chi connectivity index (χ0) is 23.6. The molecule has 2 amide bonds. The second-order valence-corrected chi connectivity index (χ2v) is 12.0. The second-order valence-electron chi connectivity index (χ2n) is 7.79. The number of ether oxygens (including phenoxy) is 1. The van der Waals surface area contributed by atoms with Crippen LogP contribution in [0.1, 0.15) is 35.8 Å². The van der Waals surface area contributed by atoms with Crippen molar-refractivity contribution in [3.05, 3.63) is 33.5 Å². The van der Waals surface area contributed by atoms with Gasteiger partial charge in [0, 0.05) is 30.4 Å². The summed E-state index contributed by atoms with van der Waals surface area (Å²) in [6, 6.07) is 5.49. The average Bonchev–Trinajstić information content (AvgIpc) is 3.47. The third-order valence-corrected chi connectivity index (χ3v) is 10.2. The van der Waals surface area contributed by atoms with E-state index in [2.05, 4.69) is 11.4 Å². The Morgan fingerprint density at radius 2 is 2.06 bits per heavy atom. The van der Waals surface area contributed by atoms with Gasteiger partial charge in [-0.05, 0) is 43.2 Å². The van der Waals surface area contributed by atoms with Crippen LogP contribution in [-0.2, 0) is 32.5 Å². The fourth-order valence-corrected chi connectivity index (χ4v) is 7.92. The van der Waals surface area contributed by atoms with E-state index < -0.39 is 10.0 Å². The molecule has 12 heteroatoms. The monoisotopic (exact) mass is 508 g/mol. The Kier molecular flexibility index (Phi) is 7.04. The molecule has 1 saturated heterocycles. The molecule has 2 aromatic rings. The molecule has 176 valence electrons. The summed E-state index contributed by atoms with van der Waals surface area (Å²) in [5.41, 5.74) is 1.32. The topological polar surface area (TPSA) is 120 Å². The highest BCUT2D eigenvalue weighted by molar-refractivity contribution is 7.91. The molecule has 9 nitrogen and oxygen atoms in total. The quantitative estimate of drug-likeness (QED) is 0.662. The highest BCUT2D eigenvalue weighted by Crippen LogP contribution is 2.37. The minimum atomic E-state index is -3.52. The first-order valence-corrected chi connectivity index (χ1v) is 13.8. The number of nitriles is 1. The van der Waals surface area contributed by atoms with Gasteiger partial charge in [-0.25, -0.2) is 13.2 Å². The number of sulfonamides is 1. The molecule has 2 aliphatic rings. The van der Waals surface area contributed by atoms with Gasteiger partial charge in [0.25, 0.3) is 10.0 Å². The van der Waals surface area contributed by atoms with E-state index >= 15 is 0 Å². The first-order valence-electron chi connectivity index (χ1n) is 10.7. The van der Waals surface area contributed by atoms with Crippen LogP contribution in [0.5, 0.6) is 0 Å². The lowest BCUT2D eigenvalue weighted by Gasteiger charge is -2.30. The Hall–Kier alpha value is -2.46. The lowest BCUT2D eigenvalue weighted by Crippen LogP contribution is -2.41. The Morgan fingerprint density at radius 1 is 1.30 bits per heavy atom. The molecule has 4 rings (SSSR count). The molecule has 0 aliphatic carbocycles. The van der Waals surface area contributed by atoms with Crippen LogP contribution in [-0.4, -0.2) is 55.9 Å². The van der Waals surface area contributed by atoms with Crippen LogP contribution in [0.3, 0.4) is 0 Å². The molecule has 0 saturated carbocycles. The predicted molar refractivity (Wildman–Crippen MR) is 125 cm³/mol. The summed E-state index contributed by atoms with van der Waals surface area (Å²) in [6.45, 7) is 3.41. The second kappa shape index (κ2) is 9.80. The standard InChI is InChI=1S/C21H24N4O5S3/c1-2-30-21(27)24-8-7-15-16(12-22)20(32-17(15)13-24)23-19(26)14-5-9-25(10-6-14)33(28,29)18-4-3-11-31-18/h3-4,11,14H,2,5-10,13H2,1H3,(H,23,26). The summed E-state index contributed by atoms with van der Waals surface area (Å²) in [6.07, 6.45) is 0.979. The normalized spacial score (nSPS) is 17.3. The van der Waals surface area contributed by atoms with E-state index in [4.69, 9.17) is 4.74 Å². The zero-order valence-corrected chi connectivity index (χ0v) is 20.5. The number of amides is 2. The summed E-state index contributed by atoms with van der Waals surface area (Å²) in [5.74, 6) is -0.540. The molecule has 0 atom stereocenters. The minimum Gasteiger partial charge on any atom is -0.450 e. The SMILES string of the molecule is CCOC(=O)N1CCc2c(sc(NC(=O)C3CCN(S(=O)(=O)c4cccs4)CC3)c2C#N)C1. The van der Waals surface area contributed by atoms with E-state index in [-0.39, 0.29) is 31.0 Å². The van der Waals surface area contributed by atoms with Gasteiger partial charge < -0.3 is 15.0 Å². The molecule has 2 aliphatic heterocycles. The van der Waals surface area contributed by atoms with E-state index in [0.29, 0.717) is 53.7 Å². The lowest BCUT2D eigenvalue weighted by atomic mass is 9.97. The van der Waals surface area contributed by atoms with Gasteiger partial charge in [0.15, 0.2) is 0 Å². The molecule has 1 N–H and O–H groups in total. The van der Waals surface area contributed by atoms with Gasteiger partial charge in [0.1, 0.15) is 15.3 Å². The number of carbonyl (C=O) groups excluding carboxylic acids is 2. The number of fused-ring (bicyclic) bond motifs is 1. The van der Waals surface area contributed by atoms with E-state index in [0.717, 1.165) is 10.4 Å². The van der Waals surface area contributed by atoms with Gasteiger partial charge in [0.05, 0.1) is 18.7 Å². The maximum atomic E-state index is 12.9. The van der Waals surface area contributed by atoms with Gasteiger partial charge >= 0.3 is 6.09 Å². The Morgan fingerprint density at radius 3 is 2.70 bits per heavy atom. The van der Waals surface area contributed by atoms with E-state index in [9.17, 15) is 23.3 Å². The molecule has 0 spiro atoms. The molecular weight excluding hydrogens is 484 g/mol. The molecule has 33 heavy (non-hydrogen) atoms. The van der Waals surface area contributed by atoms with Crippen LogP contribution in [0.4, 0.5) is 9.80 Å². The molecule has 2 aromatic heterocycles. The van der Waals surface area contributed by atoms with Crippen LogP contribution in [0, 0.1) is 17.2 Å². The van der Waals surface area contributed by atoms with Crippen molar-refractivity contribution in [2.24, 2.45) is 5.92 Å². The van der Waals surface area contributed by atoms with Crippen molar-refractivity contribution in [1.29, 1.82) is 5.26 Å². The van der Waals surface area contributed by atoms with Crippen molar-refractivity contribution >= 4 is 49.7 Å². The summed E-state index contributed by atoms with van der Waals surface area (Å²) in [5, 5.41) is 14.8. The zero-order valence-electron chi connectivity index (χ0n) is 18.1. The summed E-state index contributed by atoms with van der Waals surface area (Å²) in [7, 11) is -3.52. The van der Waals surface area contributed by atoms with Gasteiger partial charge in [-0.15, -0.1) is 22.7 Å². The van der Waals surface area contributed by atoms with Crippen molar-refractivity contribution in [2.75, 3.05) is 31.6 Å². The first-order chi connectivity index (χ1) is 15.8. The number of rotatable bonds is 5. The smallest absolute Gasteiger partial charge is 0.410 e. The number of anilines is 1. The van der Waals surface area contributed by atoms with Crippen LogP contribution >= 0.6 is 22.7 Å². The largest absolute Gasteiger partial charge is 0.450 e.